The van der Waals surface area contributed by atoms with Crippen molar-refractivity contribution in [1.82, 2.24) is 9.97 Å². The monoisotopic (exact) mass is 277 g/mol. The van der Waals surface area contributed by atoms with Crippen LogP contribution in [0.4, 0.5) is 11.6 Å². The molecule has 4 N–H and O–H groups in total. The van der Waals surface area contributed by atoms with Crippen molar-refractivity contribution in [1.29, 1.82) is 0 Å². The number of anilines is 1. The maximum Gasteiger partial charge on any atom is 0.271 e. The number of aromatic nitrogens is 2. The number of carbonyl (C=O) groups excluding carboxylic acids is 1. The number of aromatic amines is 1. The average molecular weight is 277 g/mol. The molecule has 8 nitrogen and oxygen atoms in total. The fourth-order valence-corrected chi connectivity index (χ4v) is 1.89. The smallest absolute Gasteiger partial charge is 0.271 e. The predicted molar refractivity (Wildman–Crippen MR) is 74.2 cm³/mol. The third-order valence-corrected chi connectivity index (χ3v) is 2.94. The van der Waals surface area contributed by atoms with Gasteiger partial charge in [0.2, 0.25) is 11.9 Å². The number of amides is 1. The molecule has 8 heteroatoms. The number of nitro groups is 1. The highest BCUT2D eigenvalue weighted by Crippen LogP contribution is 2.21. The van der Waals surface area contributed by atoms with Gasteiger partial charge in [0, 0.05) is 12.1 Å². The minimum Gasteiger partial charge on any atom is -0.368 e. The van der Waals surface area contributed by atoms with Gasteiger partial charge in [0.15, 0.2) is 0 Å². The number of carbonyl (C=O) groups is 1. The van der Waals surface area contributed by atoms with Crippen LogP contribution < -0.4 is 11.1 Å². The Bertz CT molecular complexity index is 664. The lowest BCUT2D eigenvalue weighted by atomic mass is 10.0. The molecule has 106 valence electrons. The minimum atomic E-state index is -0.564. The third-order valence-electron chi connectivity index (χ3n) is 2.94. The Labute approximate surface area is 114 Å². The third kappa shape index (κ3) is 2.68. The zero-order valence-corrected chi connectivity index (χ0v) is 11.1. The van der Waals surface area contributed by atoms with Gasteiger partial charge in [0.05, 0.1) is 16.0 Å². The summed E-state index contributed by atoms with van der Waals surface area (Å²) in [5.41, 5.74) is 6.38. The van der Waals surface area contributed by atoms with Gasteiger partial charge in [-0.05, 0) is 12.0 Å². The van der Waals surface area contributed by atoms with Crippen LogP contribution in [-0.4, -0.2) is 26.8 Å². The average Bonchev–Trinajstić information content (AvgIpc) is 2.76. The Hall–Kier alpha value is -2.64. The Morgan fingerprint density at radius 3 is 2.75 bits per heavy atom. The number of nitrogens with two attached hydrogens (primary N) is 1. The van der Waals surface area contributed by atoms with Crippen molar-refractivity contribution in [3.63, 3.8) is 0 Å². The lowest BCUT2D eigenvalue weighted by Crippen LogP contribution is -2.39. The number of nitrogens with zero attached hydrogens (tertiary/aromatic N) is 2. The first kappa shape index (κ1) is 13.8. The number of hydrogen-bond acceptors (Lipinski definition) is 5. The molecule has 0 aliphatic heterocycles. The number of hydrogen-bond donors (Lipinski definition) is 3. The largest absolute Gasteiger partial charge is 0.368 e. The quantitative estimate of drug-likeness (QED) is 0.562. The molecule has 0 radical (unpaired) electrons. The Morgan fingerprint density at radius 2 is 2.20 bits per heavy atom. The summed E-state index contributed by atoms with van der Waals surface area (Å²) in [6.45, 7) is 3.71. The first-order valence-corrected chi connectivity index (χ1v) is 6.08. The van der Waals surface area contributed by atoms with Crippen LogP contribution in [0.2, 0.25) is 0 Å². The maximum absolute atomic E-state index is 11.3. The molecule has 1 amide bonds. The van der Waals surface area contributed by atoms with Crippen molar-refractivity contribution in [3.8, 4) is 0 Å². The summed E-state index contributed by atoms with van der Waals surface area (Å²) in [6.07, 6.45) is 0. The SMILES string of the molecule is CC(C)C(Nc1nc2ccc([N+](=O)[O-])cc2[nH]1)C(N)=O. The summed E-state index contributed by atoms with van der Waals surface area (Å²) >= 11 is 0. The normalized spacial score (nSPS) is 12.6. The van der Waals surface area contributed by atoms with Crippen molar-refractivity contribution in [3.05, 3.63) is 28.3 Å². The summed E-state index contributed by atoms with van der Waals surface area (Å²) in [4.78, 5) is 28.7. The number of primary amides is 1. The number of nitrogens with one attached hydrogen (secondary N) is 2. The molecule has 1 unspecified atom stereocenters. The van der Waals surface area contributed by atoms with Crippen molar-refractivity contribution in [2.24, 2.45) is 11.7 Å². The van der Waals surface area contributed by atoms with E-state index in [9.17, 15) is 14.9 Å². The lowest BCUT2D eigenvalue weighted by molar-refractivity contribution is -0.384. The van der Waals surface area contributed by atoms with E-state index in [0.717, 1.165) is 0 Å². The van der Waals surface area contributed by atoms with Crippen LogP contribution in [0.5, 0.6) is 0 Å². The van der Waals surface area contributed by atoms with Crippen molar-refractivity contribution in [2.75, 3.05) is 5.32 Å². The highest BCUT2D eigenvalue weighted by atomic mass is 16.6. The van der Waals surface area contributed by atoms with E-state index in [1.165, 1.54) is 12.1 Å². The minimum absolute atomic E-state index is 0.00458. The predicted octanol–water partition coefficient (Wildman–Crippen LogP) is 1.39. The van der Waals surface area contributed by atoms with E-state index in [1.54, 1.807) is 6.07 Å². The maximum atomic E-state index is 11.3. The van der Waals surface area contributed by atoms with Crippen LogP contribution in [-0.2, 0) is 4.79 Å². The molecule has 0 saturated heterocycles. The van der Waals surface area contributed by atoms with Gasteiger partial charge in [-0.15, -0.1) is 0 Å². The van der Waals surface area contributed by atoms with E-state index < -0.39 is 16.9 Å². The van der Waals surface area contributed by atoms with Crippen LogP contribution in [0, 0.1) is 16.0 Å². The van der Waals surface area contributed by atoms with Gasteiger partial charge in [-0.1, -0.05) is 13.8 Å². The highest BCUT2D eigenvalue weighted by molar-refractivity contribution is 5.84. The van der Waals surface area contributed by atoms with E-state index in [4.69, 9.17) is 5.73 Å². The van der Waals surface area contributed by atoms with Gasteiger partial charge in [-0.25, -0.2) is 4.98 Å². The second-order valence-electron chi connectivity index (χ2n) is 4.81. The molecule has 2 rings (SSSR count). The van der Waals surface area contributed by atoms with E-state index in [2.05, 4.69) is 15.3 Å². The fourth-order valence-electron chi connectivity index (χ4n) is 1.89. The molecule has 2 aromatic rings. The standard InChI is InChI=1S/C12H15N5O3/c1-6(2)10(11(13)18)16-12-14-8-4-3-7(17(19)20)5-9(8)15-12/h3-6,10H,1-2H3,(H2,13,18)(H2,14,15,16). The molecule has 0 spiro atoms. The van der Waals surface area contributed by atoms with Crippen LogP contribution in [0.15, 0.2) is 18.2 Å². The summed E-state index contributed by atoms with van der Waals surface area (Å²) in [7, 11) is 0. The first-order valence-electron chi connectivity index (χ1n) is 6.08. The summed E-state index contributed by atoms with van der Waals surface area (Å²) in [5, 5.41) is 13.6. The number of H-pyrrole nitrogens is 1. The summed E-state index contributed by atoms with van der Waals surface area (Å²) < 4.78 is 0. The van der Waals surface area contributed by atoms with Crippen LogP contribution in [0.1, 0.15) is 13.8 Å². The second kappa shape index (κ2) is 5.16. The van der Waals surface area contributed by atoms with E-state index in [1.807, 2.05) is 13.8 Å². The van der Waals surface area contributed by atoms with Gasteiger partial charge in [-0.3, -0.25) is 14.9 Å². The molecule has 0 fully saturated rings. The molecule has 1 aromatic carbocycles. The van der Waals surface area contributed by atoms with Gasteiger partial charge >= 0.3 is 0 Å². The number of fused-ring (bicyclic) bond motifs is 1. The second-order valence-corrected chi connectivity index (χ2v) is 4.81. The van der Waals surface area contributed by atoms with E-state index >= 15 is 0 Å². The van der Waals surface area contributed by atoms with Crippen LogP contribution in [0.25, 0.3) is 11.0 Å². The van der Waals surface area contributed by atoms with Crippen LogP contribution in [0.3, 0.4) is 0 Å². The number of imidazole rings is 1. The number of nitro benzene ring substituents is 1. The molecule has 1 heterocycles. The number of benzene rings is 1. The molecule has 1 aromatic heterocycles. The molecule has 0 bridgehead atoms. The van der Waals surface area contributed by atoms with E-state index in [-0.39, 0.29) is 11.6 Å². The topological polar surface area (TPSA) is 127 Å². The first-order chi connectivity index (χ1) is 9.38. The van der Waals surface area contributed by atoms with Gasteiger partial charge in [0.1, 0.15) is 6.04 Å². The Balaban J connectivity index is 2.32. The Morgan fingerprint density at radius 1 is 1.50 bits per heavy atom. The van der Waals surface area contributed by atoms with Crippen molar-refractivity contribution in [2.45, 2.75) is 19.9 Å². The molecular weight excluding hydrogens is 262 g/mol. The van der Waals surface area contributed by atoms with Gasteiger partial charge in [0.25, 0.3) is 5.69 Å². The van der Waals surface area contributed by atoms with Gasteiger partial charge < -0.3 is 16.0 Å². The van der Waals surface area contributed by atoms with E-state index in [0.29, 0.717) is 17.0 Å². The molecule has 0 saturated carbocycles. The van der Waals surface area contributed by atoms with Gasteiger partial charge in [-0.2, -0.15) is 0 Å². The van der Waals surface area contributed by atoms with Crippen LogP contribution >= 0.6 is 0 Å². The van der Waals surface area contributed by atoms with Crippen molar-refractivity contribution >= 4 is 28.6 Å². The summed E-state index contributed by atoms with van der Waals surface area (Å²) in [6, 6.07) is 3.75. The highest BCUT2D eigenvalue weighted by Gasteiger charge is 2.20. The summed E-state index contributed by atoms with van der Waals surface area (Å²) in [5.74, 6) is -0.125. The zero-order chi connectivity index (χ0) is 14.9. The zero-order valence-electron chi connectivity index (χ0n) is 11.1. The fraction of sp³-hybridized carbons (Fsp3) is 0.333. The molecule has 1 atom stereocenters. The number of non-ortho nitro benzene ring substituents is 1. The lowest BCUT2D eigenvalue weighted by Gasteiger charge is -2.17. The van der Waals surface area contributed by atoms with Crippen molar-refractivity contribution < 1.29 is 9.72 Å². The molecule has 0 aliphatic carbocycles. The molecule has 20 heavy (non-hydrogen) atoms. The Kier molecular flexibility index (Phi) is 3.55. The number of rotatable bonds is 5. The molecular formula is C12H15N5O3. The molecule has 0 aliphatic rings.